The molecule has 0 unspecified atom stereocenters. The Balaban J connectivity index is 1.76. The van der Waals surface area contributed by atoms with Crippen LogP contribution in [0.3, 0.4) is 0 Å². The van der Waals surface area contributed by atoms with Crippen LogP contribution in [0.25, 0.3) is 22.2 Å². The molecule has 0 atom stereocenters. The second-order valence-electron chi connectivity index (χ2n) is 7.51. The number of anilines is 1. The third-order valence-electron chi connectivity index (χ3n) is 5.60. The zero-order valence-electron chi connectivity index (χ0n) is 17.3. The zero-order valence-corrected chi connectivity index (χ0v) is 17.3. The first-order valence-corrected chi connectivity index (χ1v) is 10.3. The highest BCUT2D eigenvalue weighted by Crippen LogP contribution is 2.43. The quantitative estimate of drug-likeness (QED) is 0.558. The molecule has 1 N–H and O–H groups in total. The molecule has 1 amide bonds. The molecule has 0 spiro atoms. The van der Waals surface area contributed by atoms with Crippen LogP contribution < -0.4 is 10.1 Å². The number of aromatic nitrogens is 1. The lowest BCUT2D eigenvalue weighted by Gasteiger charge is -2.30. The Kier molecular flexibility index (Phi) is 5.62. The van der Waals surface area contributed by atoms with Crippen molar-refractivity contribution in [1.29, 1.82) is 5.26 Å². The van der Waals surface area contributed by atoms with Gasteiger partial charge in [0, 0.05) is 17.1 Å². The van der Waals surface area contributed by atoms with Crippen LogP contribution in [0.5, 0.6) is 5.75 Å². The van der Waals surface area contributed by atoms with Gasteiger partial charge in [-0.15, -0.1) is 0 Å². The summed E-state index contributed by atoms with van der Waals surface area (Å²) in [4.78, 5) is 11.8. The SMILES string of the molecule is CCCOC(=O)Nc1ccc(-c2c(C#N)c3cc(OC)ccc3n2C2CCC2)cc1. The van der Waals surface area contributed by atoms with Crippen molar-refractivity contribution in [2.24, 2.45) is 0 Å². The molecule has 6 heteroatoms. The maximum absolute atomic E-state index is 11.8. The smallest absolute Gasteiger partial charge is 0.411 e. The summed E-state index contributed by atoms with van der Waals surface area (Å²) in [5.41, 5.74) is 4.23. The van der Waals surface area contributed by atoms with Crippen molar-refractivity contribution in [2.75, 3.05) is 19.0 Å². The highest BCUT2D eigenvalue weighted by molar-refractivity contribution is 5.96. The van der Waals surface area contributed by atoms with Crippen molar-refractivity contribution in [3.8, 4) is 23.1 Å². The van der Waals surface area contributed by atoms with Crippen LogP contribution in [0, 0.1) is 11.3 Å². The van der Waals surface area contributed by atoms with Crippen molar-refractivity contribution in [3.63, 3.8) is 0 Å². The summed E-state index contributed by atoms with van der Waals surface area (Å²) in [6, 6.07) is 16.3. The third-order valence-corrected chi connectivity index (χ3v) is 5.60. The number of fused-ring (bicyclic) bond motifs is 1. The van der Waals surface area contributed by atoms with Crippen LogP contribution in [0.15, 0.2) is 42.5 Å². The summed E-state index contributed by atoms with van der Waals surface area (Å²) >= 11 is 0. The lowest BCUT2D eigenvalue weighted by atomic mass is 9.92. The Morgan fingerprint density at radius 3 is 2.60 bits per heavy atom. The van der Waals surface area contributed by atoms with Crippen molar-refractivity contribution in [3.05, 3.63) is 48.0 Å². The van der Waals surface area contributed by atoms with Gasteiger partial charge < -0.3 is 14.0 Å². The van der Waals surface area contributed by atoms with Crippen LogP contribution in [-0.4, -0.2) is 24.4 Å². The van der Waals surface area contributed by atoms with Crippen molar-refractivity contribution < 1.29 is 14.3 Å². The first kappa shape index (κ1) is 19.8. The molecule has 154 valence electrons. The summed E-state index contributed by atoms with van der Waals surface area (Å²) in [6.45, 7) is 2.34. The first-order chi connectivity index (χ1) is 14.7. The number of ether oxygens (including phenoxy) is 2. The molecule has 2 aromatic carbocycles. The predicted octanol–water partition coefficient (Wildman–Crippen LogP) is 5.87. The number of carbonyl (C=O) groups excluding carboxylic acids is 1. The summed E-state index contributed by atoms with van der Waals surface area (Å²) in [5, 5.41) is 13.6. The Bertz CT molecular complexity index is 1110. The van der Waals surface area contributed by atoms with E-state index < -0.39 is 6.09 Å². The molecule has 1 aliphatic carbocycles. The molecule has 0 radical (unpaired) electrons. The molecule has 1 fully saturated rings. The Morgan fingerprint density at radius 2 is 2.00 bits per heavy atom. The minimum atomic E-state index is -0.460. The van der Waals surface area contributed by atoms with Gasteiger partial charge in [-0.3, -0.25) is 5.32 Å². The number of carbonyl (C=O) groups is 1. The maximum atomic E-state index is 11.8. The Hall–Kier alpha value is -3.46. The minimum absolute atomic E-state index is 0.389. The van der Waals surface area contributed by atoms with E-state index in [-0.39, 0.29) is 0 Å². The van der Waals surface area contributed by atoms with E-state index in [2.05, 4.69) is 16.0 Å². The summed E-state index contributed by atoms with van der Waals surface area (Å²) in [7, 11) is 1.63. The lowest BCUT2D eigenvalue weighted by Crippen LogP contribution is -2.18. The van der Waals surface area contributed by atoms with E-state index in [1.54, 1.807) is 7.11 Å². The number of benzene rings is 2. The molecule has 1 aliphatic rings. The van der Waals surface area contributed by atoms with Crippen molar-refractivity contribution >= 4 is 22.7 Å². The molecule has 0 aliphatic heterocycles. The number of methoxy groups -OCH3 is 1. The van der Waals surface area contributed by atoms with E-state index in [1.807, 2.05) is 49.4 Å². The average molecular weight is 403 g/mol. The number of rotatable bonds is 6. The van der Waals surface area contributed by atoms with Gasteiger partial charge in [0.15, 0.2) is 0 Å². The van der Waals surface area contributed by atoms with Crippen LogP contribution in [0.1, 0.15) is 44.2 Å². The van der Waals surface area contributed by atoms with Gasteiger partial charge in [0.2, 0.25) is 0 Å². The highest BCUT2D eigenvalue weighted by Gasteiger charge is 2.27. The monoisotopic (exact) mass is 403 g/mol. The highest BCUT2D eigenvalue weighted by atomic mass is 16.5. The number of hydrogen-bond acceptors (Lipinski definition) is 4. The lowest BCUT2D eigenvalue weighted by molar-refractivity contribution is 0.161. The van der Waals surface area contributed by atoms with Crippen LogP contribution >= 0.6 is 0 Å². The summed E-state index contributed by atoms with van der Waals surface area (Å²) in [5.74, 6) is 0.737. The standard InChI is InChI=1S/C24H25N3O3/c1-3-13-30-24(28)26-17-9-7-16(8-10-17)23-21(15-25)20-14-19(29-2)11-12-22(20)27(23)18-5-4-6-18/h7-12,14,18H,3-6,13H2,1-2H3,(H,26,28). The van der Waals surface area contributed by atoms with E-state index >= 15 is 0 Å². The topological polar surface area (TPSA) is 76.3 Å². The molecule has 1 heterocycles. The van der Waals surface area contributed by atoms with E-state index in [4.69, 9.17) is 9.47 Å². The summed E-state index contributed by atoms with van der Waals surface area (Å²) in [6.07, 6.45) is 3.73. The van der Waals surface area contributed by atoms with Gasteiger partial charge in [0.1, 0.15) is 11.8 Å². The Labute approximate surface area is 176 Å². The molecule has 6 nitrogen and oxygen atoms in total. The predicted molar refractivity (Wildman–Crippen MR) is 117 cm³/mol. The fourth-order valence-electron chi connectivity index (χ4n) is 3.90. The largest absolute Gasteiger partial charge is 0.497 e. The first-order valence-electron chi connectivity index (χ1n) is 10.3. The molecule has 4 rings (SSSR count). The molecular formula is C24H25N3O3. The molecule has 0 saturated heterocycles. The van der Waals surface area contributed by atoms with Crippen LogP contribution in [0.4, 0.5) is 10.5 Å². The van der Waals surface area contributed by atoms with Gasteiger partial charge >= 0.3 is 6.09 Å². The molecule has 1 saturated carbocycles. The fraction of sp³-hybridized carbons (Fsp3) is 0.333. The van der Waals surface area contributed by atoms with Gasteiger partial charge in [-0.1, -0.05) is 19.1 Å². The van der Waals surface area contributed by atoms with Gasteiger partial charge in [0.25, 0.3) is 0 Å². The fourth-order valence-corrected chi connectivity index (χ4v) is 3.90. The number of nitriles is 1. The second-order valence-corrected chi connectivity index (χ2v) is 7.51. The number of nitrogens with one attached hydrogen (secondary N) is 1. The molecular weight excluding hydrogens is 378 g/mol. The number of nitrogens with zero attached hydrogens (tertiary/aromatic N) is 2. The minimum Gasteiger partial charge on any atom is -0.497 e. The van der Waals surface area contributed by atoms with Gasteiger partial charge in [0.05, 0.1) is 30.5 Å². The molecule has 3 aromatic rings. The summed E-state index contributed by atoms with van der Waals surface area (Å²) < 4.78 is 12.8. The average Bonchev–Trinajstić information content (AvgIpc) is 3.04. The molecule has 0 bridgehead atoms. The third kappa shape index (κ3) is 3.59. The zero-order chi connectivity index (χ0) is 21.1. The van der Waals surface area contributed by atoms with Crippen LogP contribution in [-0.2, 0) is 4.74 Å². The van der Waals surface area contributed by atoms with E-state index in [0.29, 0.717) is 23.9 Å². The normalized spacial score (nSPS) is 13.5. The van der Waals surface area contributed by atoms with Gasteiger partial charge in [-0.2, -0.15) is 5.26 Å². The number of hydrogen-bond donors (Lipinski definition) is 1. The van der Waals surface area contributed by atoms with Gasteiger partial charge in [-0.25, -0.2) is 4.79 Å². The van der Waals surface area contributed by atoms with E-state index in [9.17, 15) is 10.1 Å². The van der Waals surface area contributed by atoms with Crippen LogP contribution in [0.2, 0.25) is 0 Å². The van der Waals surface area contributed by atoms with Gasteiger partial charge in [-0.05, 0) is 61.6 Å². The second kappa shape index (κ2) is 8.50. The Morgan fingerprint density at radius 1 is 1.23 bits per heavy atom. The molecule has 1 aromatic heterocycles. The molecule has 30 heavy (non-hydrogen) atoms. The van der Waals surface area contributed by atoms with Crippen molar-refractivity contribution in [2.45, 2.75) is 38.6 Å². The number of amides is 1. The van der Waals surface area contributed by atoms with E-state index in [0.717, 1.165) is 47.2 Å². The van der Waals surface area contributed by atoms with Crippen molar-refractivity contribution in [1.82, 2.24) is 4.57 Å². The maximum Gasteiger partial charge on any atom is 0.411 e. The van der Waals surface area contributed by atoms with E-state index in [1.165, 1.54) is 6.42 Å².